The van der Waals surface area contributed by atoms with E-state index in [0.29, 0.717) is 18.3 Å². The molecule has 0 aromatic carbocycles. The molecule has 8 nitrogen and oxygen atoms in total. The van der Waals surface area contributed by atoms with E-state index in [1.807, 2.05) is 18.2 Å². The van der Waals surface area contributed by atoms with Gasteiger partial charge >= 0.3 is 0 Å². The van der Waals surface area contributed by atoms with Crippen molar-refractivity contribution in [2.45, 2.75) is 32.7 Å². The molecule has 0 bridgehead atoms. The summed E-state index contributed by atoms with van der Waals surface area (Å²) in [6.07, 6.45) is 5.92. The van der Waals surface area contributed by atoms with Crippen LogP contribution in [-0.4, -0.2) is 64.7 Å². The van der Waals surface area contributed by atoms with Crippen molar-refractivity contribution in [2.75, 3.05) is 43.8 Å². The van der Waals surface area contributed by atoms with Gasteiger partial charge in [0.05, 0.1) is 18.0 Å². The highest BCUT2D eigenvalue weighted by atomic mass is 35.5. The average molecular weight is 531 g/mol. The standard InChI is InChI=1S/C26H35ClN6O2S/c1-4-20(36-18(3)22-7-5-6-10-29-22)15-33-11-8-19(9-12-33)14-30-26(35)23-13-21(28)24(27)25(32-23)31-17(2)16-34/h4-7,10,13,17,19,34H,3,8-9,11-12,14-16H2,1-2H3,(H,30,35)(H3,28,31,32)/b20-4-/t17-/m1/s1. The van der Waals surface area contributed by atoms with Crippen LogP contribution in [0.1, 0.15) is 42.9 Å². The van der Waals surface area contributed by atoms with Crippen molar-refractivity contribution in [2.24, 2.45) is 5.92 Å². The summed E-state index contributed by atoms with van der Waals surface area (Å²) >= 11 is 7.88. The fourth-order valence-electron chi connectivity index (χ4n) is 3.86. The molecule has 36 heavy (non-hydrogen) atoms. The number of pyridine rings is 2. The molecule has 3 rings (SSSR count). The van der Waals surface area contributed by atoms with Gasteiger partial charge in [0.25, 0.3) is 5.91 Å². The second-order valence-electron chi connectivity index (χ2n) is 8.91. The molecule has 0 unspecified atom stereocenters. The number of aliphatic hydroxyl groups excluding tert-OH is 1. The van der Waals surface area contributed by atoms with Crippen LogP contribution in [0, 0.1) is 5.92 Å². The molecule has 10 heteroatoms. The molecule has 0 radical (unpaired) electrons. The van der Waals surface area contributed by atoms with Crippen LogP contribution in [0.25, 0.3) is 4.91 Å². The van der Waals surface area contributed by atoms with Gasteiger partial charge < -0.3 is 21.5 Å². The summed E-state index contributed by atoms with van der Waals surface area (Å²) in [5.74, 6) is 0.397. The Bertz CT molecular complexity index is 1070. The number of thioether (sulfide) groups is 1. The Morgan fingerprint density at radius 3 is 2.78 bits per heavy atom. The van der Waals surface area contributed by atoms with Gasteiger partial charge in [0, 0.05) is 30.2 Å². The third kappa shape index (κ3) is 7.96. The van der Waals surface area contributed by atoms with Gasteiger partial charge in [-0.3, -0.25) is 14.7 Å². The molecule has 1 fully saturated rings. The van der Waals surface area contributed by atoms with Gasteiger partial charge in [-0.15, -0.1) is 0 Å². The molecule has 1 aliphatic heterocycles. The Kier molecular flexibility index (Phi) is 10.6. The third-order valence-corrected chi connectivity index (χ3v) is 7.52. The van der Waals surface area contributed by atoms with Crippen molar-refractivity contribution in [3.05, 3.63) is 64.4 Å². The van der Waals surface area contributed by atoms with E-state index in [2.05, 4.69) is 45.1 Å². The van der Waals surface area contributed by atoms with E-state index in [1.54, 1.807) is 24.9 Å². The van der Waals surface area contributed by atoms with E-state index in [4.69, 9.17) is 17.3 Å². The minimum Gasteiger partial charge on any atom is -0.397 e. The number of halogens is 1. The first kappa shape index (κ1) is 28.0. The molecule has 194 valence electrons. The molecule has 0 spiro atoms. The van der Waals surface area contributed by atoms with Gasteiger partial charge in [0.2, 0.25) is 0 Å². The number of likely N-dealkylation sites (tertiary alicyclic amines) is 1. The lowest BCUT2D eigenvalue weighted by molar-refractivity contribution is 0.0932. The summed E-state index contributed by atoms with van der Waals surface area (Å²) in [4.78, 5) is 26.1. The topological polar surface area (TPSA) is 116 Å². The maximum absolute atomic E-state index is 12.7. The van der Waals surface area contributed by atoms with Crippen molar-refractivity contribution >= 4 is 45.7 Å². The first-order chi connectivity index (χ1) is 17.3. The van der Waals surface area contributed by atoms with Crippen LogP contribution in [0.2, 0.25) is 5.02 Å². The predicted octanol–water partition coefficient (Wildman–Crippen LogP) is 4.25. The number of aliphatic hydroxyl groups is 1. The number of carbonyl (C=O) groups excluding carboxylic acids is 1. The van der Waals surface area contributed by atoms with Crippen LogP contribution < -0.4 is 16.4 Å². The lowest BCUT2D eigenvalue weighted by atomic mass is 9.96. The second-order valence-corrected chi connectivity index (χ2v) is 10.5. The Morgan fingerprint density at radius 2 is 2.14 bits per heavy atom. The molecule has 2 aromatic heterocycles. The van der Waals surface area contributed by atoms with E-state index < -0.39 is 0 Å². The van der Waals surface area contributed by atoms with Crippen molar-refractivity contribution < 1.29 is 9.90 Å². The monoisotopic (exact) mass is 530 g/mol. The summed E-state index contributed by atoms with van der Waals surface area (Å²) in [5.41, 5.74) is 7.34. The minimum absolute atomic E-state index is 0.0970. The summed E-state index contributed by atoms with van der Waals surface area (Å²) in [6, 6.07) is 7.05. The fraction of sp³-hybridized carbons (Fsp3) is 0.423. The van der Waals surface area contributed by atoms with Crippen LogP contribution in [0.4, 0.5) is 11.5 Å². The van der Waals surface area contributed by atoms with Gasteiger partial charge in [-0.2, -0.15) is 0 Å². The minimum atomic E-state index is -0.291. The maximum Gasteiger partial charge on any atom is 0.270 e. The predicted molar refractivity (Wildman–Crippen MR) is 150 cm³/mol. The number of piperidine rings is 1. The van der Waals surface area contributed by atoms with Crippen LogP contribution in [0.3, 0.4) is 0 Å². The summed E-state index contributed by atoms with van der Waals surface area (Å²) < 4.78 is 0. The van der Waals surface area contributed by atoms with Gasteiger partial charge in [-0.05, 0) is 68.8 Å². The van der Waals surface area contributed by atoms with Crippen molar-refractivity contribution in [1.29, 1.82) is 0 Å². The number of allylic oxidation sites excluding steroid dienone is 1. The SMILES string of the molecule is C=C(S/C(=C\C)CN1CCC(CNC(=O)c2cc(N)c(Cl)c(N[C@H](C)CO)n2)CC1)c1ccccn1. The molecule has 1 saturated heterocycles. The second kappa shape index (κ2) is 13.6. The Balaban J connectivity index is 1.46. The number of nitrogens with one attached hydrogen (secondary N) is 2. The Labute approximate surface area is 222 Å². The molecule has 0 saturated carbocycles. The number of hydrogen-bond acceptors (Lipinski definition) is 8. The maximum atomic E-state index is 12.7. The fourth-order valence-corrected chi connectivity index (χ4v) is 4.92. The quantitative estimate of drug-likeness (QED) is 0.340. The molecule has 1 amide bonds. The highest BCUT2D eigenvalue weighted by Crippen LogP contribution is 2.32. The van der Waals surface area contributed by atoms with Gasteiger partial charge in [0.1, 0.15) is 16.5 Å². The number of hydrogen-bond donors (Lipinski definition) is 4. The number of nitrogen functional groups attached to an aromatic ring is 1. The number of nitrogens with zero attached hydrogens (tertiary/aromatic N) is 3. The van der Waals surface area contributed by atoms with E-state index >= 15 is 0 Å². The number of rotatable bonds is 11. The number of carbonyl (C=O) groups is 1. The summed E-state index contributed by atoms with van der Waals surface area (Å²) in [7, 11) is 0. The van der Waals surface area contributed by atoms with Crippen LogP contribution in [0.5, 0.6) is 0 Å². The van der Waals surface area contributed by atoms with Crippen molar-refractivity contribution in [3.8, 4) is 0 Å². The Morgan fingerprint density at radius 1 is 1.39 bits per heavy atom. The van der Waals surface area contributed by atoms with Gasteiger partial charge in [0.15, 0.2) is 0 Å². The molecule has 1 atom stereocenters. The summed E-state index contributed by atoms with van der Waals surface area (Å²) in [5, 5.41) is 15.5. The number of anilines is 2. The largest absolute Gasteiger partial charge is 0.397 e. The smallest absolute Gasteiger partial charge is 0.270 e. The Hall–Kier alpha value is -2.59. The van der Waals surface area contributed by atoms with Crippen LogP contribution >= 0.6 is 23.4 Å². The number of aromatic nitrogens is 2. The molecule has 2 aromatic rings. The zero-order chi connectivity index (χ0) is 26.1. The molecule has 1 aliphatic rings. The highest BCUT2D eigenvalue weighted by Gasteiger charge is 2.22. The van der Waals surface area contributed by atoms with E-state index in [1.165, 1.54) is 11.0 Å². The normalized spacial score (nSPS) is 15.9. The molecular formula is C26H35ClN6O2S. The lowest BCUT2D eigenvalue weighted by Crippen LogP contribution is -2.39. The lowest BCUT2D eigenvalue weighted by Gasteiger charge is -2.32. The van der Waals surface area contributed by atoms with Gasteiger partial charge in [-0.1, -0.05) is 42.1 Å². The number of amides is 1. The van der Waals surface area contributed by atoms with Crippen molar-refractivity contribution in [3.63, 3.8) is 0 Å². The molecule has 5 N–H and O–H groups in total. The molecule has 0 aliphatic carbocycles. The summed E-state index contributed by atoms with van der Waals surface area (Å²) in [6.45, 7) is 11.3. The third-order valence-electron chi connectivity index (χ3n) is 6.04. The highest BCUT2D eigenvalue weighted by molar-refractivity contribution is 8.11. The van der Waals surface area contributed by atoms with E-state index in [-0.39, 0.29) is 35.0 Å². The van der Waals surface area contributed by atoms with Crippen LogP contribution in [0.15, 0.2) is 48.0 Å². The van der Waals surface area contributed by atoms with Gasteiger partial charge in [-0.25, -0.2) is 4.98 Å². The van der Waals surface area contributed by atoms with Crippen LogP contribution in [-0.2, 0) is 0 Å². The zero-order valence-corrected chi connectivity index (χ0v) is 22.4. The zero-order valence-electron chi connectivity index (χ0n) is 20.8. The van der Waals surface area contributed by atoms with E-state index in [0.717, 1.165) is 43.1 Å². The van der Waals surface area contributed by atoms with E-state index in [9.17, 15) is 9.90 Å². The first-order valence-corrected chi connectivity index (χ1v) is 13.3. The molecular weight excluding hydrogens is 496 g/mol. The first-order valence-electron chi connectivity index (χ1n) is 12.1. The molecule has 3 heterocycles. The average Bonchev–Trinajstić information content (AvgIpc) is 2.90. The van der Waals surface area contributed by atoms with Crippen molar-refractivity contribution in [1.82, 2.24) is 20.2 Å². The number of nitrogens with two attached hydrogens (primary N) is 1.